The summed E-state index contributed by atoms with van der Waals surface area (Å²) in [4.78, 5) is 26.5. The number of carbonyl (C=O) groups excluding carboxylic acids is 1. The Morgan fingerprint density at radius 1 is 1.35 bits per heavy atom. The lowest BCUT2D eigenvalue weighted by atomic mass is 10.1. The molecule has 122 valence electrons. The highest BCUT2D eigenvalue weighted by Crippen LogP contribution is 2.23. The maximum absolute atomic E-state index is 12.1. The van der Waals surface area contributed by atoms with E-state index in [1.54, 1.807) is 0 Å². The van der Waals surface area contributed by atoms with Crippen molar-refractivity contribution in [1.82, 2.24) is 25.4 Å². The summed E-state index contributed by atoms with van der Waals surface area (Å²) in [5.74, 6) is -0.350. The van der Waals surface area contributed by atoms with E-state index in [9.17, 15) is 14.9 Å². The second-order valence-electron chi connectivity index (χ2n) is 4.81. The Kier molecular flexibility index (Phi) is 5.75. The second-order valence-corrected chi connectivity index (χ2v) is 4.81. The Morgan fingerprint density at radius 2 is 2.17 bits per heavy atom. The predicted molar refractivity (Wildman–Crippen MR) is 83.5 cm³/mol. The summed E-state index contributed by atoms with van der Waals surface area (Å²) in [6.07, 6.45) is 3.67. The van der Waals surface area contributed by atoms with Crippen molar-refractivity contribution in [2.45, 2.75) is 13.3 Å². The van der Waals surface area contributed by atoms with Crippen LogP contribution in [0.5, 0.6) is 0 Å². The molecular weight excluding hydrogens is 300 g/mol. The molecule has 0 radical (unpaired) electrons. The van der Waals surface area contributed by atoms with Crippen LogP contribution in [0.3, 0.4) is 0 Å². The summed E-state index contributed by atoms with van der Waals surface area (Å²) < 4.78 is 1.29. The van der Waals surface area contributed by atoms with Gasteiger partial charge in [0.1, 0.15) is 18.3 Å². The summed E-state index contributed by atoms with van der Waals surface area (Å²) in [6, 6.07) is 4.25. The lowest BCUT2D eigenvalue weighted by Gasteiger charge is -2.08. The highest BCUT2D eigenvalue weighted by atomic mass is 16.6. The summed E-state index contributed by atoms with van der Waals surface area (Å²) in [6.45, 7) is 4.05. The number of nitrogens with zero attached hydrogens (tertiary/aromatic N) is 4. The van der Waals surface area contributed by atoms with Crippen molar-refractivity contribution in [2.75, 3.05) is 19.6 Å². The molecule has 0 spiro atoms. The first-order valence-electron chi connectivity index (χ1n) is 7.26. The minimum absolute atomic E-state index is 0.202. The molecular formula is C14H18N6O3. The Labute approximate surface area is 132 Å². The SMILES string of the molecule is CCCNCCNC(=O)c1ccc(-n2cncn2)c([N+](=O)[O-])c1. The Hall–Kier alpha value is -2.81. The Bertz CT molecular complexity index is 671. The molecule has 9 heteroatoms. The molecule has 0 bridgehead atoms. The van der Waals surface area contributed by atoms with Gasteiger partial charge in [0.15, 0.2) is 0 Å². The smallest absolute Gasteiger partial charge is 0.295 e. The molecule has 1 aromatic heterocycles. The predicted octanol–water partition coefficient (Wildman–Crippen LogP) is 0.905. The normalized spacial score (nSPS) is 10.5. The van der Waals surface area contributed by atoms with E-state index in [-0.39, 0.29) is 22.8 Å². The molecule has 23 heavy (non-hydrogen) atoms. The number of carbonyl (C=O) groups is 1. The van der Waals surface area contributed by atoms with E-state index in [4.69, 9.17) is 0 Å². The van der Waals surface area contributed by atoms with E-state index in [0.717, 1.165) is 13.0 Å². The van der Waals surface area contributed by atoms with Gasteiger partial charge in [-0.25, -0.2) is 9.67 Å². The number of amides is 1. The average Bonchev–Trinajstić information content (AvgIpc) is 3.08. The first-order valence-corrected chi connectivity index (χ1v) is 7.26. The third-order valence-corrected chi connectivity index (χ3v) is 3.11. The van der Waals surface area contributed by atoms with Crippen molar-refractivity contribution in [1.29, 1.82) is 0 Å². The maximum atomic E-state index is 12.1. The minimum atomic E-state index is -0.545. The fraction of sp³-hybridized carbons (Fsp3) is 0.357. The number of hydrogen-bond donors (Lipinski definition) is 2. The molecule has 9 nitrogen and oxygen atoms in total. The van der Waals surface area contributed by atoms with Gasteiger partial charge in [0, 0.05) is 24.7 Å². The van der Waals surface area contributed by atoms with Crippen LogP contribution < -0.4 is 10.6 Å². The number of benzene rings is 1. The number of nitrogens with one attached hydrogen (secondary N) is 2. The molecule has 0 saturated carbocycles. The average molecular weight is 318 g/mol. The minimum Gasteiger partial charge on any atom is -0.351 e. The Morgan fingerprint density at radius 3 is 2.83 bits per heavy atom. The van der Waals surface area contributed by atoms with Crippen LogP contribution in [0.4, 0.5) is 5.69 Å². The molecule has 2 aromatic rings. The van der Waals surface area contributed by atoms with Gasteiger partial charge < -0.3 is 10.6 Å². The second kappa shape index (κ2) is 7.99. The number of hydrogen-bond acceptors (Lipinski definition) is 6. The van der Waals surface area contributed by atoms with Gasteiger partial charge in [-0.2, -0.15) is 5.10 Å². The van der Waals surface area contributed by atoms with Gasteiger partial charge in [0.25, 0.3) is 11.6 Å². The van der Waals surface area contributed by atoms with Crippen molar-refractivity contribution in [3.8, 4) is 5.69 Å². The first-order chi connectivity index (χ1) is 11.1. The highest BCUT2D eigenvalue weighted by Gasteiger charge is 2.19. The van der Waals surface area contributed by atoms with E-state index in [1.165, 1.54) is 35.5 Å². The van der Waals surface area contributed by atoms with E-state index >= 15 is 0 Å². The molecule has 1 aromatic carbocycles. The van der Waals surface area contributed by atoms with Crippen LogP contribution >= 0.6 is 0 Å². The van der Waals surface area contributed by atoms with E-state index < -0.39 is 4.92 Å². The van der Waals surface area contributed by atoms with Crippen LogP contribution in [0.1, 0.15) is 23.7 Å². The molecule has 0 fully saturated rings. The molecule has 0 atom stereocenters. The van der Waals surface area contributed by atoms with Gasteiger partial charge in [0.2, 0.25) is 0 Å². The van der Waals surface area contributed by atoms with Gasteiger partial charge in [0.05, 0.1) is 4.92 Å². The number of nitro benzene ring substituents is 1. The lowest BCUT2D eigenvalue weighted by molar-refractivity contribution is -0.384. The number of nitro groups is 1. The molecule has 1 amide bonds. The van der Waals surface area contributed by atoms with Gasteiger partial charge in [-0.15, -0.1) is 0 Å². The number of aromatic nitrogens is 3. The molecule has 0 saturated heterocycles. The van der Waals surface area contributed by atoms with Crippen LogP contribution in [0.25, 0.3) is 5.69 Å². The van der Waals surface area contributed by atoms with Crippen molar-refractivity contribution >= 4 is 11.6 Å². The quantitative estimate of drug-likeness (QED) is 0.424. The third-order valence-electron chi connectivity index (χ3n) is 3.11. The van der Waals surface area contributed by atoms with Crippen molar-refractivity contribution in [3.05, 3.63) is 46.5 Å². The molecule has 0 unspecified atom stereocenters. The fourth-order valence-corrected chi connectivity index (χ4v) is 2.01. The van der Waals surface area contributed by atoms with Crippen LogP contribution in [0.2, 0.25) is 0 Å². The van der Waals surface area contributed by atoms with Crippen LogP contribution in [0.15, 0.2) is 30.9 Å². The van der Waals surface area contributed by atoms with Gasteiger partial charge in [-0.05, 0) is 25.1 Å². The molecule has 2 N–H and O–H groups in total. The van der Waals surface area contributed by atoms with Gasteiger partial charge in [-0.1, -0.05) is 6.92 Å². The zero-order valence-corrected chi connectivity index (χ0v) is 12.7. The zero-order valence-electron chi connectivity index (χ0n) is 12.7. The summed E-state index contributed by atoms with van der Waals surface area (Å²) >= 11 is 0. The molecule has 0 aliphatic carbocycles. The molecule has 0 aliphatic heterocycles. The third kappa shape index (κ3) is 4.33. The van der Waals surface area contributed by atoms with Crippen molar-refractivity contribution in [2.24, 2.45) is 0 Å². The van der Waals surface area contributed by atoms with E-state index in [1.807, 2.05) is 0 Å². The monoisotopic (exact) mass is 318 g/mol. The van der Waals surface area contributed by atoms with Crippen LogP contribution in [0, 0.1) is 10.1 Å². The molecule has 1 heterocycles. The summed E-state index contributed by atoms with van der Waals surface area (Å²) in [5.41, 5.74) is 0.289. The lowest BCUT2D eigenvalue weighted by Crippen LogP contribution is -2.32. The standard InChI is InChI=1S/C14H18N6O3/c1-2-5-15-6-7-17-14(21)11-3-4-12(13(8-11)20(22)23)19-10-16-9-18-19/h3-4,8-10,15H,2,5-7H2,1H3,(H,17,21). The summed E-state index contributed by atoms with van der Waals surface area (Å²) in [7, 11) is 0. The highest BCUT2D eigenvalue weighted by molar-refractivity contribution is 5.95. The first kappa shape index (κ1) is 16.6. The van der Waals surface area contributed by atoms with Crippen molar-refractivity contribution < 1.29 is 9.72 Å². The molecule has 2 rings (SSSR count). The van der Waals surface area contributed by atoms with Crippen molar-refractivity contribution in [3.63, 3.8) is 0 Å². The van der Waals surface area contributed by atoms with Gasteiger partial charge in [-0.3, -0.25) is 14.9 Å². The summed E-state index contributed by atoms with van der Waals surface area (Å²) in [5, 5.41) is 21.0. The van der Waals surface area contributed by atoms with E-state index in [0.29, 0.717) is 13.1 Å². The van der Waals surface area contributed by atoms with Crippen LogP contribution in [-0.2, 0) is 0 Å². The topological polar surface area (TPSA) is 115 Å². The van der Waals surface area contributed by atoms with Crippen LogP contribution in [-0.4, -0.2) is 45.2 Å². The molecule has 0 aliphatic rings. The maximum Gasteiger partial charge on any atom is 0.295 e. The number of rotatable bonds is 8. The van der Waals surface area contributed by atoms with E-state index in [2.05, 4.69) is 27.6 Å². The largest absolute Gasteiger partial charge is 0.351 e. The Balaban J connectivity index is 2.10. The zero-order chi connectivity index (χ0) is 16.7. The van der Waals surface area contributed by atoms with Gasteiger partial charge >= 0.3 is 0 Å². The fourth-order valence-electron chi connectivity index (χ4n) is 2.01.